The summed E-state index contributed by atoms with van der Waals surface area (Å²) in [7, 11) is 3.15. The first-order valence-corrected chi connectivity index (χ1v) is 9.10. The van der Waals surface area contributed by atoms with Gasteiger partial charge in [0.05, 0.1) is 19.9 Å². The van der Waals surface area contributed by atoms with Gasteiger partial charge in [0, 0.05) is 24.2 Å². The van der Waals surface area contributed by atoms with Crippen molar-refractivity contribution in [3.05, 3.63) is 76.3 Å². The molecule has 6 heteroatoms. The van der Waals surface area contributed by atoms with Gasteiger partial charge < -0.3 is 9.47 Å². The smallest absolute Gasteiger partial charge is 0.287 e. The van der Waals surface area contributed by atoms with Crippen molar-refractivity contribution in [1.82, 2.24) is 9.55 Å². The van der Waals surface area contributed by atoms with E-state index < -0.39 is 0 Å². The van der Waals surface area contributed by atoms with Crippen LogP contribution < -0.4 is 15.0 Å². The molecule has 0 aliphatic heterocycles. The number of methoxy groups -OCH3 is 2. The first-order valence-electron chi connectivity index (χ1n) is 8.11. The molecule has 5 nitrogen and oxygen atoms in total. The van der Waals surface area contributed by atoms with Gasteiger partial charge in [-0.3, -0.25) is 9.36 Å². The molecule has 26 heavy (non-hydrogen) atoms. The Hall–Kier alpha value is -2.73. The standard InChI is InChI=1S/C20H20N2O3S/c1-14-6-4-5-7-15(14)13-26-19-20(23)22(11-10-21-19)16-8-9-17(24-2)18(12-16)25-3/h4-12H,13H2,1-3H3. The maximum atomic E-state index is 12.8. The number of hydrogen-bond acceptors (Lipinski definition) is 5. The molecule has 0 N–H and O–H groups in total. The lowest BCUT2D eigenvalue weighted by Gasteiger charge is -2.12. The van der Waals surface area contributed by atoms with Gasteiger partial charge in [0.15, 0.2) is 16.5 Å². The van der Waals surface area contributed by atoms with Gasteiger partial charge in [-0.25, -0.2) is 4.98 Å². The zero-order valence-electron chi connectivity index (χ0n) is 14.9. The Morgan fingerprint density at radius 2 is 1.85 bits per heavy atom. The minimum atomic E-state index is -0.154. The molecule has 0 radical (unpaired) electrons. The quantitative estimate of drug-likeness (QED) is 0.619. The summed E-state index contributed by atoms with van der Waals surface area (Å²) in [6, 6.07) is 13.5. The summed E-state index contributed by atoms with van der Waals surface area (Å²) in [5.74, 6) is 1.89. The second-order valence-corrected chi connectivity index (χ2v) is 6.63. The highest BCUT2D eigenvalue weighted by atomic mass is 32.2. The van der Waals surface area contributed by atoms with Gasteiger partial charge in [0.25, 0.3) is 5.56 Å². The van der Waals surface area contributed by atoms with E-state index >= 15 is 0 Å². The average Bonchev–Trinajstić information content (AvgIpc) is 2.67. The highest BCUT2D eigenvalue weighted by molar-refractivity contribution is 7.98. The van der Waals surface area contributed by atoms with Crippen molar-refractivity contribution in [2.75, 3.05) is 14.2 Å². The molecule has 3 aromatic rings. The van der Waals surface area contributed by atoms with Crippen LogP contribution in [0, 0.1) is 6.92 Å². The lowest BCUT2D eigenvalue weighted by atomic mass is 10.1. The topological polar surface area (TPSA) is 53.4 Å². The average molecular weight is 368 g/mol. The third-order valence-electron chi connectivity index (χ3n) is 4.08. The maximum absolute atomic E-state index is 12.8. The molecular formula is C20H20N2O3S. The van der Waals surface area contributed by atoms with Gasteiger partial charge in [-0.15, -0.1) is 0 Å². The molecule has 0 spiro atoms. The van der Waals surface area contributed by atoms with E-state index in [4.69, 9.17) is 9.47 Å². The number of hydrogen-bond donors (Lipinski definition) is 0. The lowest BCUT2D eigenvalue weighted by Crippen LogP contribution is -2.20. The lowest BCUT2D eigenvalue weighted by molar-refractivity contribution is 0.355. The molecule has 2 aromatic carbocycles. The van der Waals surface area contributed by atoms with Crippen LogP contribution in [-0.2, 0) is 5.75 Å². The predicted molar refractivity (Wildman–Crippen MR) is 104 cm³/mol. The second kappa shape index (κ2) is 8.10. The SMILES string of the molecule is COc1ccc(-n2ccnc(SCc3ccccc3C)c2=O)cc1OC. The van der Waals surface area contributed by atoms with Crippen LogP contribution >= 0.6 is 11.8 Å². The van der Waals surface area contributed by atoms with Crippen molar-refractivity contribution in [2.24, 2.45) is 0 Å². The van der Waals surface area contributed by atoms with Crippen molar-refractivity contribution in [2.45, 2.75) is 17.7 Å². The van der Waals surface area contributed by atoms with Gasteiger partial charge in [0.2, 0.25) is 0 Å². The number of ether oxygens (including phenoxy) is 2. The summed E-state index contributed by atoms with van der Waals surface area (Å²) < 4.78 is 12.1. The molecule has 0 unspecified atom stereocenters. The molecule has 0 atom stereocenters. The van der Waals surface area contributed by atoms with E-state index in [1.807, 2.05) is 18.2 Å². The summed E-state index contributed by atoms with van der Waals surface area (Å²) in [5, 5.41) is 0.463. The van der Waals surface area contributed by atoms with E-state index in [9.17, 15) is 4.79 Å². The summed E-state index contributed by atoms with van der Waals surface area (Å²) in [6.45, 7) is 2.07. The first-order chi connectivity index (χ1) is 12.6. The number of benzene rings is 2. The zero-order valence-corrected chi connectivity index (χ0v) is 15.7. The predicted octanol–water partition coefficient (Wildman–Crippen LogP) is 3.85. The summed E-state index contributed by atoms with van der Waals surface area (Å²) in [4.78, 5) is 17.1. The van der Waals surface area contributed by atoms with Crippen LogP contribution in [0.2, 0.25) is 0 Å². The molecule has 1 heterocycles. The number of aromatic nitrogens is 2. The van der Waals surface area contributed by atoms with E-state index in [1.54, 1.807) is 43.3 Å². The molecule has 1 aromatic heterocycles. The van der Waals surface area contributed by atoms with Gasteiger partial charge in [0.1, 0.15) is 0 Å². The van der Waals surface area contributed by atoms with Gasteiger partial charge in [-0.2, -0.15) is 0 Å². The van der Waals surface area contributed by atoms with E-state index in [0.717, 1.165) is 0 Å². The highest BCUT2D eigenvalue weighted by Gasteiger charge is 2.11. The molecule has 3 rings (SSSR count). The minimum Gasteiger partial charge on any atom is -0.493 e. The third kappa shape index (κ3) is 3.75. The third-order valence-corrected chi connectivity index (χ3v) is 5.09. The van der Waals surface area contributed by atoms with Gasteiger partial charge >= 0.3 is 0 Å². The molecule has 0 aliphatic carbocycles. The van der Waals surface area contributed by atoms with Crippen LogP contribution in [0.5, 0.6) is 11.5 Å². The largest absolute Gasteiger partial charge is 0.493 e. The van der Waals surface area contributed by atoms with Gasteiger partial charge in [-0.1, -0.05) is 36.0 Å². The van der Waals surface area contributed by atoms with E-state index in [1.165, 1.54) is 22.9 Å². The van der Waals surface area contributed by atoms with Crippen LogP contribution in [0.4, 0.5) is 0 Å². The van der Waals surface area contributed by atoms with E-state index in [2.05, 4.69) is 24.0 Å². The fourth-order valence-electron chi connectivity index (χ4n) is 2.59. The van der Waals surface area contributed by atoms with Crippen molar-refractivity contribution in [3.8, 4) is 17.2 Å². The van der Waals surface area contributed by atoms with Crippen LogP contribution in [0.25, 0.3) is 5.69 Å². The number of rotatable bonds is 6. The van der Waals surface area contributed by atoms with Crippen LogP contribution in [-0.4, -0.2) is 23.8 Å². The van der Waals surface area contributed by atoms with E-state index in [-0.39, 0.29) is 5.56 Å². The van der Waals surface area contributed by atoms with Crippen LogP contribution in [0.1, 0.15) is 11.1 Å². The number of thioether (sulfide) groups is 1. The molecular weight excluding hydrogens is 348 g/mol. The van der Waals surface area contributed by atoms with Crippen molar-refractivity contribution in [1.29, 1.82) is 0 Å². The summed E-state index contributed by atoms with van der Waals surface area (Å²) in [5.41, 5.74) is 2.95. The fraction of sp³-hybridized carbons (Fsp3) is 0.200. The Labute approximate surface area is 156 Å². The van der Waals surface area contributed by atoms with Crippen molar-refractivity contribution >= 4 is 11.8 Å². The summed E-state index contributed by atoms with van der Waals surface area (Å²) in [6.07, 6.45) is 3.29. The van der Waals surface area contributed by atoms with Crippen molar-refractivity contribution in [3.63, 3.8) is 0 Å². The zero-order chi connectivity index (χ0) is 18.5. The highest BCUT2D eigenvalue weighted by Crippen LogP contribution is 2.29. The first kappa shape index (κ1) is 18.1. The van der Waals surface area contributed by atoms with E-state index in [0.29, 0.717) is 28.0 Å². The monoisotopic (exact) mass is 368 g/mol. The number of aryl methyl sites for hydroxylation is 1. The molecule has 0 aliphatic rings. The Kier molecular flexibility index (Phi) is 5.63. The maximum Gasteiger partial charge on any atom is 0.287 e. The minimum absolute atomic E-state index is 0.154. The molecule has 0 amide bonds. The number of nitrogens with zero attached hydrogens (tertiary/aromatic N) is 2. The molecule has 0 saturated heterocycles. The fourth-order valence-corrected chi connectivity index (χ4v) is 3.56. The molecule has 0 bridgehead atoms. The normalized spacial score (nSPS) is 10.6. The van der Waals surface area contributed by atoms with Crippen LogP contribution in [0.15, 0.2) is 64.7 Å². The van der Waals surface area contributed by atoms with Crippen LogP contribution in [0.3, 0.4) is 0 Å². The molecule has 134 valence electrons. The second-order valence-electron chi connectivity index (χ2n) is 5.66. The molecule has 0 fully saturated rings. The Balaban J connectivity index is 1.90. The Morgan fingerprint density at radius 3 is 2.58 bits per heavy atom. The summed E-state index contributed by atoms with van der Waals surface area (Å²) >= 11 is 1.44. The van der Waals surface area contributed by atoms with Crippen molar-refractivity contribution < 1.29 is 9.47 Å². The molecule has 0 saturated carbocycles. The Morgan fingerprint density at radius 1 is 1.08 bits per heavy atom. The Bertz CT molecular complexity index is 969. The van der Waals surface area contributed by atoms with Gasteiger partial charge in [-0.05, 0) is 30.2 Å².